The van der Waals surface area contributed by atoms with Crippen LogP contribution in [0.25, 0.3) is 16.5 Å². The van der Waals surface area contributed by atoms with Crippen LogP contribution >= 0.6 is 0 Å². The molecule has 0 bridgehead atoms. The number of alkyl halides is 3. The number of hydrogen-bond acceptors (Lipinski definition) is 4. The minimum atomic E-state index is -4.61. The number of anilines is 1. The highest BCUT2D eigenvalue weighted by Gasteiger charge is 2.32. The van der Waals surface area contributed by atoms with Gasteiger partial charge in [0.15, 0.2) is 0 Å². The SMILES string of the molecule is CC(C)C(NC(=O)Cc1cccc2ccccc12)C(=O)Nc1cc(C(F)(F)F)ccc1-n1cncn1. The molecule has 2 amide bonds. The molecule has 4 aromatic rings. The molecule has 186 valence electrons. The van der Waals surface area contributed by atoms with Gasteiger partial charge in [-0.05, 0) is 40.5 Å². The molecule has 0 saturated heterocycles. The van der Waals surface area contributed by atoms with Crippen molar-refractivity contribution >= 4 is 28.3 Å². The van der Waals surface area contributed by atoms with Crippen LogP contribution in [0.5, 0.6) is 0 Å². The number of benzene rings is 3. The molecule has 0 aliphatic carbocycles. The molecule has 0 saturated carbocycles. The minimum absolute atomic E-state index is 0.0472. The average molecular weight is 496 g/mol. The summed E-state index contributed by atoms with van der Waals surface area (Å²) in [6.45, 7) is 3.49. The van der Waals surface area contributed by atoms with Crippen LogP contribution in [0.2, 0.25) is 0 Å². The van der Waals surface area contributed by atoms with Crippen LogP contribution < -0.4 is 10.6 Å². The van der Waals surface area contributed by atoms with Gasteiger partial charge in [-0.15, -0.1) is 0 Å². The molecule has 36 heavy (non-hydrogen) atoms. The van der Waals surface area contributed by atoms with Gasteiger partial charge in [-0.1, -0.05) is 56.3 Å². The predicted molar refractivity (Wildman–Crippen MR) is 129 cm³/mol. The lowest BCUT2D eigenvalue weighted by Crippen LogP contribution is -2.47. The van der Waals surface area contributed by atoms with Crippen molar-refractivity contribution in [1.82, 2.24) is 20.1 Å². The van der Waals surface area contributed by atoms with Crippen LogP contribution in [-0.4, -0.2) is 32.6 Å². The summed E-state index contributed by atoms with van der Waals surface area (Å²) in [4.78, 5) is 29.9. The Balaban J connectivity index is 1.56. The molecular formula is C26H24F3N5O2. The predicted octanol–water partition coefficient (Wildman–Crippen LogP) is 4.76. The average Bonchev–Trinajstić information content (AvgIpc) is 3.37. The quantitative estimate of drug-likeness (QED) is 0.387. The van der Waals surface area contributed by atoms with Crippen molar-refractivity contribution in [2.45, 2.75) is 32.5 Å². The van der Waals surface area contributed by atoms with Gasteiger partial charge in [0.2, 0.25) is 11.8 Å². The van der Waals surface area contributed by atoms with Gasteiger partial charge in [0.05, 0.1) is 23.4 Å². The number of aromatic nitrogens is 3. The molecule has 1 aromatic heterocycles. The van der Waals surface area contributed by atoms with Crippen LogP contribution in [0.1, 0.15) is 25.0 Å². The van der Waals surface area contributed by atoms with Crippen LogP contribution in [-0.2, 0) is 22.2 Å². The summed E-state index contributed by atoms with van der Waals surface area (Å²) in [5.74, 6) is -1.35. The van der Waals surface area contributed by atoms with Gasteiger partial charge < -0.3 is 10.6 Å². The maximum Gasteiger partial charge on any atom is 0.416 e. The standard InChI is InChI=1S/C26H24F3N5O2/c1-16(2)24(33-23(35)12-18-8-5-7-17-6-3-4-9-20(17)18)25(36)32-21-13-19(26(27,28)29)10-11-22(21)34-15-30-14-31-34/h3-11,13-16,24H,12H2,1-2H3,(H,32,36)(H,33,35). The Kier molecular flexibility index (Phi) is 7.05. The number of nitrogens with zero attached hydrogens (tertiary/aromatic N) is 3. The van der Waals surface area contributed by atoms with E-state index in [9.17, 15) is 22.8 Å². The third-order valence-electron chi connectivity index (χ3n) is 5.74. The zero-order chi connectivity index (χ0) is 25.9. The zero-order valence-corrected chi connectivity index (χ0v) is 19.6. The van der Waals surface area contributed by atoms with Gasteiger partial charge in [0, 0.05) is 0 Å². The highest BCUT2D eigenvalue weighted by Crippen LogP contribution is 2.33. The Morgan fingerprint density at radius 2 is 1.78 bits per heavy atom. The van der Waals surface area contributed by atoms with Gasteiger partial charge in [0.1, 0.15) is 18.7 Å². The van der Waals surface area contributed by atoms with Gasteiger partial charge in [-0.2, -0.15) is 18.3 Å². The molecule has 10 heteroatoms. The molecular weight excluding hydrogens is 471 g/mol. The molecule has 4 rings (SSSR count). The van der Waals surface area contributed by atoms with E-state index in [1.807, 2.05) is 42.5 Å². The summed E-state index contributed by atoms with van der Waals surface area (Å²) in [6, 6.07) is 15.3. The maximum absolute atomic E-state index is 13.4. The Morgan fingerprint density at radius 1 is 1.03 bits per heavy atom. The second-order valence-corrected chi connectivity index (χ2v) is 8.66. The molecule has 1 heterocycles. The van der Waals surface area contributed by atoms with E-state index in [0.29, 0.717) is 0 Å². The number of amides is 2. The fraction of sp³-hybridized carbons (Fsp3) is 0.231. The normalized spacial score (nSPS) is 12.5. The molecule has 0 fully saturated rings. The van der Waals surface area contributed by atoms with E-state index in [2.05, 4.69) is 20.7 Å². The second kappa shape index (κ2) is 10.2. The zero-order valence-electron chi connectivity index (χ0n) is 19.6. The van der Waals surface area contributed by atoms with E-state index < -0.39 is 23.7 Å². The highest BCUT2D eigenvalue weighted by molar-refractivity contribution is 5.99. The van der Waals surface area contributed by atoms with Crippen molar-refractivity contribution < 1.29 is 22.8 Å². The summed E-state index contributed by atoms with van der Waals surface area (Å²) >= 11 is 0. The highest BCUT2D eigenvalue weighted by atomic mass is 19.4. The molecule has 0 radical (unpaired) electrons. The first kappa shape index (κ1) is 24.9. The number of rotatable bonds is 7. The van der Waals surface area contributed by atoms with Gasteiger partial charge in [-0.25, -0.2) is 9.67 Å². The lowest BCUT2D eigenvalue weighted by atomic mass is 10.00. The van der Waals surface area contributed by atoms with Crippen molar-refractivity contribution in [1.29, 1.82) is 0 Å². The van der Waals surface area contributed by atoms with Crippen molar-refractivity contribution in [3.05, 3.63) is 84.4 Å². The van der Waals surface area contributed by atoms with Gasteiger partial charge in [0.25, 0.3) is 0 Å². The van der Waals surface area contributed by atoms with Crippen LogP contribution in [0, 0.1) is 5.92 Å². The molecule has 2 N–H and O–H groups in total. The van der Waals surface area contributed by atoms with E-state index >= 15 is 0 Å². The van der Waals surface area contributed by atoms with Crippen molar-refractivity contribution in [2.75, 3.05) is 5.32 Å². The smallest absolute Gasteiger partial charge is 0.344 e. The number of hydrogen-bond donors (Lipinski definition) is 2. The number of halogens is 3. The summed E-state index contributed by atoms with van der Waals surface area (Å²) in [5.41, 5.74) is -0.0182. The first-order chi connectivity index (χ1) is 17.1. The maximum atomic E-state index is 13.4. The van der Waals surface area contributed by atoms with Crippen LogP contribution in [0.15, 0.2) is 73.3 Å². The third-order valence-corrected chi connectivity index (χ3v) is 5.74. The Hall–Kier alpha value is -4.21. The number of nitrogens with one attached hydrogen (secondary N) is 2. The Labute approximate surface area is 205 Å². The molecule has 0 aliphatic heterocycles. The molecule has 1 atom stereocenters. The number of carbonyl (C=O) groups excluding carboxylic acids is 2. The number of carbonyl (C=O) groups is 2. The fourth-order valence-corrected chi connectivity index (χ4v) is 3.93. The van der Waals surface area contributed by atoms with Gasteiger partial charge >= 0.3 is 6.18 Å². The Bertz CT molecular complexity index is 1380. The summed E-state index contributed by atoms with van der Waals surface area (Å²) in [6.07, 6.45) is -2.02. The van der Waals surface area contributed by atoms with Crippen LogP contribution in [0.4, 0.5) is 18.9 Å². The third kappa shape index (κ3) is 5.54. The molecule has 3 aromatic carbocycles. The molecule has 0 spiro atoms. The summed E-state index contributed by atoms with van der Waals surface area (Å²) < 4.78 is 41.3. The largest absolute Gasteiger partial charge is 0.416 e. The van der Waals surface area contributed by atoms with Gasteiger partial charge in [-0.3, -0.25) is 9.59 Å². The molecule has 7 nitrogen and oxygen atoms in total. The van der Waals surface area contributed by atoms with Crippen LogP contribution in [0.3, 0.4) is 0 Å². The van der Waals surface area contributed by atoms with E-state index in [1.165, 1.54) is 23.4 Å². The van der Waals surface area contributed by atoms with E-state index in [-0.39, 0.29) is 29.6 Å². The lowest BCUT2D eigenvalue weighted by Gasteiger charge is -2.23. The second-order valence-electron chi connectivity index (χ2n) is 8.66. The van der Waals surface area contributed by atoms with E-state index in [1.54, 1.807) is 13.8 Å². The number of fused-ring (bicyclic) bond motifs is 1. The molecule has 1 unspecified atom stereocenters. The summed E-state index contributed by atoms with van der Waals surface area (Å²) in [5, 5.41) is 11.2. The van der Waals surface area contributed by atoms with Crippen molar-refractivity contribution in [2.24, 2.45) is 5.92 Å². The fourth-order valence-electron chi connectivity index (χ4n) is 3.93. The van der Waals surface area contributed by atoms with E-state index in [0.717, 1.165) is 28.5 Å². The monoisotopic (exact) mass is 495 g/mol. The summed E-state index contributed by atoms with van der Waals surface area (Å²) in [7, 11) is 0. The van der Waals surface area contributed by atoms with E-state index in [4.69, 9.17) is 0 Å². The topological polar surface area (TPSA) is 88.9 Å². The molecule has 0 aliphatic rings. The lowest BCUT2D eigenvalue weighted by molar-refractivity contribution is -0.137. The Morgan fingerprint density at radius 3 is 2.47 bits per heavy atom. The minimum Gasteiger partial charge on any atom is -0.344 e. The first-order valence-electron chi connectivity index (χ1n) is 11.3. The van der Waals surface area contributed by atoms with Crippen molar-refractivity contribution in [3.8, 4) is 5.69 Å². The van der Waals surface area contributed by atoms with Crippen molar-refractivity contribution in [3.63, 3.8) is 0 Å². The first-order valence-corrected chi connectivity index (χ1v) is 11.3.